The summed E-state index contributed by atoms with van der Waals surface area (Å²) < 4.78 is 28.3. The van der Waals surface area contributed by atoms with Crippen molar-refractivity contribution < 1.29 is 8.42 Å². The highest BCUT2D eigenvalue weighted by atomic mass is 32.2. The molecule has 0 aliphatic heterocycles. The number of thiophene rings is 1. The van der Waals surface area contributed by atoms with Gasteiger partial charge in [-0.15, -0.1) is 0 Å². The van der Waals surface area contributed by atoms with Gasteiger partial charge >= 0.3 is 0 Å². The Balaban J connectivity index is 1.60. The molecule has 4 aromatic rings. The first-order valence-corrected chi connectivity index (χ1v) is 10.5. The Morgan fingerprint density at radius 3 is 2.65 bits per heavy atom. The van der Waals surface area contributed by atoms with E-state index in [1.54, 1.807) is 35.9 Å². The van der Waals surface area contributed by atoms with Crippen LogP contribution >= 0.6 is 11.3 Å². The summed E-state index contributed by atoms with van der Waals surface area (Å²) in [5, 5.41) is 5.66. The maximum Gasteiger partial charge on any atom is 0.241 e. The lowest BCUT2D eigenvalue weighted by atomic mass is 10.1. The summed E-state index contributed by atoms with van der Waals surface area (Å²) in [5.74, 6) is 0. The van der Waals surface area contributed by atoms with Crippen molar-refractivity contribution in [1.29, 1.82) is 0 Å². The average molecular weight is 380 g/mol. The Morgan fingerprint density at radius 2 is 1.81 bits per heavy atom. The number of rotatable bonds is 5. The Hall–Kier alpha value is -2.54. The van der Waals surface area contributed by atoms with Gasteiger partial charge in [0, 0.05) is 29.9 Å². The second kappa shape index (κ2) is 6.99. The predicted octanol–water partition coefficient (Wildman–Crippen LogP) is 4.44. The lowest BCUT2D eigenvalue weighted by molar-refractivity contribution is 0.582. The second-order valence-corrected chi connectivity index (χ2v) is 8.41. The molecule has 0 fully saturated rings. The Bertz CT molecular complexity index is 1150. The van der Waals surface area contributed by atoms with Crippen molar-refractivity contribution in [3.8, 4) is 11.1 Å². The number of nitrogens with one attached hydrogen (secondary N) is 1. The van der Waals surface area contributed by atoms with Crippen LogP contribution in [0.4, 0.5) is 0 Å². The van der Waals surface area contributed by atoms with Crippen LogP contribution in [0.25, 0.3) is 21.9 Å². The number of pyridine rings is 1. The number of hydrogen-bond donors (Lipinski definition) is 1. The van der Waals surface area contributed by atoms with Crippen LogP contribution in [0.1, 0.15) is 5.56 Å². The van der Waals surface area contributed by atoms with E-state index < -0.39 is 10.0 Å². The molecule has 26 heavy (non-hydrogen) atoms. The lowest BCUT2D eigenvalue weighted by Gasteiger charge is -2.10. The fourth-order valence-electron chi connectivity index (χ4n) is 2.86. The summed E-state index contributed by atoms with van der Waals surface area (Å²) in [7, 11) is -3.63. The number of hydrogen-bond acceptors (Lipinski definition) is 4. The van der Waals surface area contributed by atoms with Crippen molar-refractivity contribution in [3.05, 3.63) is 83.3 Å². The molecule has 4 nitrogen and oxygen atoms in total. The molecule has 2 aromatic heterocycles. The minimum Gasteiger partial charge on any atom is -0.264 e. The molecule has 130 valence electrons. The number of aromatic nitrogens is 1. The molecule has 0 atom stereocenters. The van der Waals surface area contributed by atoms with E-state index in [-0.39, 0.29) is 11.4 Å². The zero-order valence-electron chi connectivity index (χ0n) is 13.8. The third-order valence-corrected chi connectivity index (χ3v) is 6.30. The molecular weight excluding hydrogens is 364 g/mol. The first-order valence-electron chi connectivity index (χ1n) is 8.07. The van der Waals surface area contributed by atoms with Crippen LogP contribution in [0.5, 0.6) is 0 Å². The summed E-state index contributed by atoms with van der Waals surface area (Å²) in [4.78, 5) is 4.52. The highest BCUT2D eigenvalue weighted by molar-refractivity contribution is 7.89. The molecule has 0 unspecified atom stereocenters. The van der Waals surface area contributed by atoms with E-state index in [0.717, 1.165) is 22.1 Å². The van der Waals surface area contributed by atoms with E-state index in [1.807, 2.05) is 53.2 Å². The highest BCUT2D eigenvalue weighted by Gasteiger charge is 2.17. The summed E-state index contributed by atoms with van der Waals surface area (Å²) in [6.45, 7) is 0.191. The van der Waals surface area contributed by atoms with Gasteiger partial charge in [-0.3, -0.25) is 4.98 Å². The first-order chi connectivity index (χ1) is 12.6. The fraction of sp³-hybridized carbons (Fsp3) is 0.0500. The van der Waals surface area contributed by atoms with Gasteiger partial charge in [-0.25, -0.2) is 13.1 Å². The third-order valence-electron chi connectivity index (χ3n) is 4.15. The van der Waals surface area contributed by atoms with Crippen LogP contribution in [0.15, 0.2) is 82.6 Å². The van der Waals surface area contributed by atoms with Crippen LogP contribution in [0.2, 0.25) is 0 Å². The first kappa shape index (κ1) is 16.9. The zero-order valence-corrected chi connectivity index (χ0v) is 15.4. The standard InChI is InChI=1S/C20H16N2O2S2/c23-26(24,20-7-3-5-16-4-1-2-6-19(16)20)22-12-15-10-18(13-21-11-15)17-8-9-25-14-17/h1-11,13-14,22H,12H2. The minimum atomic E-state index is -3.63. The van der Waals surface area contributed by atoms with E-state index in [0.29, 0.717) is 5.39 Å². The normalized spacial score (nSPS) is 11.7. The second-order valence-electron chi connectivity index (χ2n) is 5.90. The SMILES string of the molecule is O=S(=O)(NCc1cncc(-c2ccsc2)c1)c1cccc2ccccc12. The van der Waals surface area contributed by atoms with Gasteiger partial charge in [-0.05, 0) is 45.5 Å². The molecule has 0 amide bonds. The van der Waals surface area contributed by atoms with Crippen molar-refractivity contribution in [2.24, 2.45) is 0 Å². The van der Waals surface area contributed by atoms with Crippen molar-refractivity contribution in [3.63, 3.8) is 0 Å². The zero-order chi connectivity index (χ0) is 18.0. The smallest absolute Gasteiger partial charge is 0.241 e. The molecule has 2 aromatic carbocycles. The van der Waals surface area contributed by atoms with Crippen LogP contribution in [-0.2, 0) is 16.6 Å². The molecular formula is C20H16N2O2S2. The molecule has 1 N–H and O–H groups in total. The van der Waals surface area contributed by atoms with E-state index in [1.165, 1.54) is 0 Å². The van der Waals surface area contributed by atoms with Gasteiger partial charge in [0.05, 0.1) is 4.90 Å². The summed E-state index contributed by atoms with van der Waals surface area (Å²) in [5.41, 5.74) is 2.88. The van der Waals surface area contributed by atoms with Crippen molar-refractivity contribution in [1.82, 2.24) is 9.71 Å². The summed E-state index contributed by atoms with van der Waals surface area (Å²) >= 11 is 1.62. The third kappa shape index (κ3) is 3.39. The van der Waals surface area contributed by atoms with Gasteiger partial charge in [0.25, 0.3) is 0 Å². The number of fused-ring (bicyclic) bond motifs is 1. The van der Waals surface area contributed by atoms with Gasteiger partial charge in [0.2, 0.25) is 10.0 Å². The number of nitrogens with zero attached hydrogens (tertiary/aromatic N) is 1. The van der Waals surface area contributed by atoms with Crippen LogP contribution in [-0.4, -0.2) is 13.4 Å². The molecule has 0 saturated heterocycles. The van der Waals surface area contributed by atoms with Gasteiger partial charge in [-0.1, -0.05) is 36.4 Å². The molecule has 6 heteroatoms. The molecule has 4 rings (SSSR count). The Labute approximate surface area is 156 Å². The predicted molar refractivity (Wildman–Crippen MR) is 106 cm³/mol. The van der Waals surface area contributed by atoms with Crippen LogP contribution in [0.3, 0.4) is 0 Å². The van der Waals surface area contributed by atoms with Gasteiger partial charge < -0.3 is 0 Å². The maximum absolute atomic E-state index is 12.8. The number of sulfonamides is 1. The Morgan fingerprint density at radius 1 is 0.962 bits per heavy atom. The summed E-state index contributed by atoms with van der Waals surface area (Å²) in [6.07, 6.45) is 3.46. The van der Waals surface area contributed by atoms with Crippen molar-refractivity contribution >= 4 is 32.1 Å². The topological polar surface area (TPSA) is 59.1 Å². The van der Waals surface area contributed by atoms with Crippen LogP contribution < -0.4 is 4.72 Å². The van der Waals surface area contributed by atoms with Crippen molar-refractivity contribution in [2.75, 3.05) is 0 Å². The molecule has 0 bridgehead atoms. The van der Waals surface area contributed by atoms with E-state index in [2.05, 4.69) is 9.71 Å². The van der Waals surface area contributed by atoms with Gasteiger partial charge in [0.1, 0.15) is 0 Å². The molecule has 0 saturated carbocycles. The molecule has 0 spiro atoms. The highest BCUT2D eigenvalue weighted by Crippen LogP contribution is 2.24. The quantitative estimate of drug-likeness (QED) is 0.557. The van der Waals surface area contributed by atoms with Crippen LogP contribution in [0, 0.1) is 0 Å². The average Bonchev–Trinajstić information content (AvgIpc) is 3.21. The minimum absolute atomic E-state index is 0.191. The molecule has 0 aliphatic carbocycles. The van der Waals surface area contributed by atoms with E-state index in [9.17, 15) is 8.42 Å². The largest absolute Gasteiger partial charge is 0.264 e. The molecule has 0 aliphatic rings. The molecule has 0 radical (unpaired) electrons. The van der Waals surface area contributed by atoms with E-state index in [4.69, 9.17) is 0 Å². The summed E-state index contributed by atoms with van der Waals surface area (Å²) in [6, 6.07) is 16.7. The van der Waals surface area contributed by atoms with Gasteiger partial charge in [-0.2, -0.15) is 11.3 Å². The van der Waals surface area contributed by atoms with E-state index >= 15 is 0 Å². The number of benzene rings is 2. The monoisotopic (exact) mass is 380 g/mol. The molecule has 2 heterocycles. The lowest BCUT2D eigenvalue weighted by Crippen LogP contribution is -2.23. The Kier molecular flexibility index (Phi) is 4.55. The van der Waals surface area contributed by atoms with Crippen molar-refractivity contribution in [2.45, 2.75) is 11.4 Å². The fourth-order valence-corrected chi connectivity index (χ4v) is 4.77. The maximum atomic E-state index is 12.8. The van der Waals surface area contributed by atoms with Gasteiger partial charge in [0.15, 0.2) is 0 Å².